The number of thioether (sulfide) groups is 1. The van der Waals surface area contributed by atoms with Crippen molar-refractivity contribution in [1.29, 1.82) is 0 Å². The molecule has 2 rings (SSSR count). The van der Waals surface area contributed by atoms with E-state index in [2.05, 4.69) is 4.98 Å². The van der Waals surface area contributed by atoms with E-state index in [0.717, 1.165) is 15.6 Å². The number of benzene rings is 1. The molecule has 0 radical (unpaired) electrons. The summed E-state index contributed by atoms with van der Waals surface area (Å²) < 4.78 is 12.9. The number of ketones is 1. The molecule has 0 unspecified atom stereocenters. The number of aryl methyl sites for hydroxylation is 1. The molecule has 0 saturated carbocycles. The van der Waals surface area contributed by atoms with E-state index in [1.54, 1.807) is 23.5 Å². The van der Waals surface area contributed by atoms with E-state index in [9.17, 15) is 9.18 Å². The number of Topliss-reactive ketones (excluding diaryl/α,β-unsaturated/α-hetero) is 1. The van der Waals surface area contributed by atoms with Crippen molar-refractivity contribution in [3.05, 3.63) is 46.2 Å². The van der Waals surface area contributed by atoms with Gasteiger partial charge in [-0.2, -0.15) is 0 Å². The van der Waals surface area contributed by atoms with E-state index >= 15 is 0 Å². The summed E-state index contributed by atoms with van der Waals surface area (Å²) in [5, 5.41) is 2.87. The molecule has 0 bridgehead atoms. The van der Waals surface area contributed by atoms with Crippen molar-refractivity contribution in [3.8, 4) is 0 Å². The van der Waals surface area contributed by atoms with Gasteiger partial charge in [0, 0.05) is 10.3 Å². The van der Waals surface area contributed by atoms with Crippen LogP contribution in [0.5, 0.6) is 0 Å². The highest BCUT2D eigenvalue weighted by atomic mass is 32.2. The maximum Gasteiger partial charge on any atom is 0.149 e. The number of hydrogen-bond acceptors (Lipinski definition) is 4. The van der Waals surface area contributed by atoms with Crippen molar-refractivity contribution in [1.82, 2.24) is 4.98 Å². The molecule has 0 spiro atoms. The average Bonchev–Trinajstić information content (AvgIpc) is 2.72. The molecule has 94 valence electrons. The maximum absolute atomic E-state index is 12.9. The topological polar surface area (TPSA) is 30.0 Å². The van der Waals surface area contributed by atoms with Gasteiger partial charge in [0.2, 0.25) is 0 Å². The Labute approximate surface area is 113 Å². The van der Waals surface area contributed by atoms with E-state index in [1.807, 2.05) is 12.3 Å². The summed E-state index contributed by atoms with van der Waals surface area (Å²) in [5.41, 5.74) is 0.822. The van der Waals surface area contributed by atoms with Crippen LogP contribution in [0.1, 0.15) is 10.7 Å². The Kier molecular flexibility index (Phi) is 4.49. The largest absolute Gasteiger partial charge is 0.298 e. The third-order valence-corrected chi connectivity index (χ3v) is 4.12. The molecule has 0 saturated heterocycles. The summed E-state index contributed by atoms with van der Waals surface area (Å²) in [7, 11) is 0. The Balaban J connectivity index is 1.85. The van der Waals surface area contributed by atoms with Crippen molar-refractivity contribution in [2.45, 2.75) is 18.2 Å². The zero-order chi connectivity index (χ0) is 13.0. The fourth-order valence-corrected chi connectivity index (χ4v) is 2.88. The molecule has 2 aromatic rings. The number of halogens is 1. The van der Waals surface area contributed by atoms with Crippen molar-refractivity contribution in [3.63, 3.8) is 0 Å². The Hall–Kier alpha value is -1.20. The molecule has 0 amide bonds. The lowest BCUT2D eigenvalue weighted by Crippen LogP contribution is -2.05. The van der Waals surface area contributed by atoms with Crippen LogP contribution < -0.4 is 0 Å². The minimum atomic E-state index is -0.275. The van der Waals surface area contributed by atoms with Crippen LogP contribution in [0.15, 0.2) is 34.5 Å². The Bertz CT molecular complexity index is 553. The second-order valence-corrected chi connectivity index (χ2v) is 5.93. The number of carbonyl (C=O) groups excluding carboxylic acids is 1. The summed E-state index contributed by atoms with van der Waals surface area (Å²) in [6.07, 6.45) is 0.354. The van der Waals surface area contributed by atoms with Gasteiger partial charge in [-0.15, -0.1) is 23.1 Å². The number of aromatic nitrogens is 1. The van der Waals surface area contributed by atoms with E-state index < -0.39 is 0 Å². The highest BCUT2D eigenvalue weighted by molar-refractivity contribution is 8.00. The predicted molar refractivity (Wildman–Crippen MR) is 72.7 cm³/mol. The summed E-state index contributed by atoms with van der Waals surface area (Å²) in [4.78, 5) is 16.8. The minimum absolute atomic E-state index is 0.106. The number of thiazole rings is 1. The van der Waals surface area contributed by atoms with Gasteiger partial charge >= 0.3 is 0 Å². The summed E-state index contributed by atoms with van der Waals surface area (Å²) in [5.74, 6) is 0.178. The van der Waals surface area contributed by atoms with Crippen LogP contribution in [-0.4, -0.2) is 16.5 Å². The quantitative estimate of drug-likeness (QED) is 0.786. The molecule has 1 aromatic heterocycles. The molecule has 5 heteroatoms. The SMILES string of the molecule is Cc1nc(CC(=O)CSc2cccc(F)c2)cs1. The van der Waals surface area contributed by atoms with Gasteiger partial charge in [-0.05, 0) is 25.1 Å². The van der Waals surface area contributed by atoms with Crippen molar-refractivity contribution >= 4 is 28.9 Å². The standard InChI is InChI=1S/C13H12FNOS2/c1-9-15-11(7-17-9)6-12(16)8-18-13-4-2-3-10(14)5-13/h2-5,7H,6,8H2,1H3. The molecule has 0 N–H and O–H groups in total. The molecule has 1 aromatic carbocycles. The first kappa shape index (κ1) is 13.2. The third kappa shape index (κ3) is 3.92. The van der Waals surface area contributed by atoms with E-state index in [-0.39, 0.29) is 11.6 Å². The monoisotopic (exact) mass is 281 g/mol. The maximum atomic E-state index is 12.9. The van der Waals surface area contributed by atoms with Gasteiger partial charge in [0.15, 0.2) is 0 Å². The van der Waals surface area contributed by atoms with Gasteiger partial charge in [0.05, 0.1) is 22.9 Å². The molecular formula is C13H12FNOS2. The van der Waals surface area contributed by atoms with Gasteiger partial charge in [0.1, 0.15) is 11.6 Å². The molecular weight excluding hydrogens is 269 g/mol. The molecule has 1 heterocycles. The molecule has 0 aliphatic rings. The van der Waals surface area contributed by atoms with E-state index in [4.69, 9.17) is 0 Å². The minimum Gasteiger partial charge on any atom is -0.298 e. The highest BCUT2D eigenvalue weighted by Crippen LogP contribution is 2.19. The number of nitrogens with zero attached hydrogens (tertiary/aromatic N) is 1. The lowest BCUT2D eigenvalue weighted by Gasteiger charge is -2.00. The van der Waals surface area contributed by atoms with E-state index in [1.165, 1.54) is 23.9 Å². The van der Waals surface area contributed by atoms with E-state index in [0.29, 0.717) is 12.2 Å². The normalized spacial score (nSPS) is 10.6. The van der Waals surface area contributed by atoms with Crippen LogP contribution in [0.2, 0.25) is 0 Å². The highest BCUT2D eigenvalue weighted by Gasteiger charge is 2.07. The summed E-state index contributed by atoms with van der Waals surface area (Å²) >= 11 is 2.90. The predicted octanol–water partition coefficient (Wildman–Crippen LogP) is 3.49. The van der Waals surface area contributed by atoms with Gasteiger partial charge in [-0.25, -0.2) is 9.37 Å². The van der Waals surface area contributed by atoms with Gasteiger partial charge in [0.25, 0.3) is 0 Å². The van der Waals surface area contributed by atoms with Crippen LogP contribution in [0.3, 0.4) is 0 Å². The van der Waals surface area contributed by atoms with Gasteiger partial charge < -0.3 is 0 Å². The molecule has 18 heavy (non-hydrogen) atoms. The van der Waals surface area contributed by atoms with Crippen LogP contribution in [0.4, 0.5) is 4.39 Å². The Morgan fingerprint density at radius 1 is 1.50 bits per heavy atom. The second kappa shape index (κ2) is 6.11. The Morgan fingerprint density at radius 2 is 2.33 bits per heavy atom. The molecule has 0 fully saturated rings. The third-order valence-electron chi connectivity index (χ3n) is 2.24. The van der Waals surface area contributed by atoms with Crippen molar-refractivity contribution < 1.29 is 9.18 Å². The van der Waals surface area contributed by atoms with Gasteiger partial charge in [-0.1, -0.05) is 6.07 Å². The Morgan fingerprint density at radius 3 is 3.00 bits per heavy atom. The molecule has 0 aliphatic heterocycles. The summed E-state index contributed by atoms with van der Waals surface area (Å²) in [6, 6.07) is 6.27. The zero-order valence-electron chi connectivity index (χ0n) is 9.85. The fourth-order valence-electron chi connectivity index (χ4n) is 1.46. The first-order chi connectivity index (χ1) is 8.63. The number of hydrogen-bond donors (Lipinski definition) is 0. The smallest absolute Gasteiger partial charge is 0.149 e. The van der Waals surface area contributed by atoms with Crippen molar-refractivity contribution in [2.75, 3.05) is 5.75 Å². The zero-order valence-corrected chi connectivity index (χ0v) is 11.5. The second-order valence-electron chi connectivity index (χ2n) is 3.82. The number of rotatable bonds is 5. The van der Waals surface area contributed by atoms with Crippen molar-refractivity contribution in [2.24, 2.45) is 0 Å². The average molecular weight is 281 g/mol. The van der Waals surface area contributed by atoms with Crippen LogP contribution in [0, 0.1) is 12.7 Å². The molecule has 2 nitrogen and oxygen atoms in total. The first-order valence-electron chi connectivity index (χ1n) is 5.44. The van der Waals surface area contributed by atoms with Crippen LogP contribution in [-0.2, 0) is 11.2 Å². The van der Waals surface area contributed by atoms with Crippen LogP contribution in [0.25, 0.3) is 0 Å². The van der Waals surface area contributed by atoms with Crippen LogP contribution >= 0.6 is 23.1 Å². The lowest BCUT2D eigenvalue weighted by molar-refractivity contribution is -0.116. The molecule has 0 atom stereocenters. The fraction of sp³-hybridized carbons (Fsp3) is 0.231. The molecule has 0 aliphatic carbocycles. The number of carbonyl (C=O) groups is 1. The first-order valence-corrected chi connectivity index (χ1v) is 7.31. The van der Waals surface area contributed by atoms with Gasteiger partial charge in [-0.3, -0.25) is 4.79 Å². The lowest BCUT2D eigenvalue weighted by atomic mass is 10.2. The summed E-state index contributed by atoms with van der Waals surface area (Å²) in [6.45, 7) is 1.92.